The van der Waals surface area contributed by atoms with Gasteiger partial charge in [-0.1, -0.05) is 24.3 Å². The number of halogens is 2. The monoisotopic (exact) mass is 419 g/mol. The summed E-state index contributed by atoms with van der Waals surface area (Å²) in [5.74, 6) is -2.41. The number of hydrogen-bond acceptors (Lipinski definition) is 4. The highest BCUT2D eigenvalue weighted by Gasteiger charge is 2.35. The molecule has 1 saturated heterocycles. The Morgan fingerprint density at radius 1 is 1.10 bits per heavy atom. The summed E-state index contributed by atoms with van der Waals surface area (Å²) in [7, 11) is 1.89. The second kappa shape index (κ2) is 7.16. The van der Waals surface area contributed by atoms with Crippen LogP contribution in [0.4, 0.5) is 20.3 Å². The molecule has 4 aromatic rings. The van der Waals surface area contributed by atoms with E-state index in [0.29, 0.717) is 24.5 Å². The zero-order valence-corrected chi connectivity index (χ0v) is 16.7. The van der Waals surface area contributed by atoms with Crippen molar-refractivity contribution >= 4 is 28.4 Å². The normalized spacial score (nSPS) is 16.4. The van der Waals surface area contributed by atoms with E-state index in [-0.39, 0.29) is 11.5 Å². The lowest BCUT2D eigenvalue weighted by atomic mass is 9.97. The Morgan fingerprint density at radius 2 is 1.87 bits per heavy atom. The number of aryl methyl sites for hydroxylation is 1. The van der Waals surface area contributed by atoms with Crippen LogP contribution in [0, 0.1) is 11.6 Å². The third-order valence-electron chi connectivity index (χ3n) is 5.84. The first-order chi connectivity index (χ1) is 15.0. The summed E-state index contributed by atoms with van der Waals surface area (Å²) in [6.45, 7) is 0.438. The lowest BCUT2D eigenvalue weighted by Crippen LogP contribution is -2.26. The van der Waals surface area contributed by atoms with E-state index >= 15 is 0 Å². The summed E-state index contributed by atoms with van der Waals surface area (Å²) in [6.07, 6.45) is 3.80. The van der Waals surface area contributed by atoms with Crippen molar-refractivity contribution in [1.82, 2.24) is 14.5 Å². The second-order valence-corrected chi connectivity index (χ2v) is 7.63. The van der Waals surface area contributed by atoms with Gasteiger partial charge in [0.1, 0.15) is 17.8 Å². The molecule has 1 aliphatic rings. The number of nitrogens with zero attached hydrogens (tertiary/aromatic N) is 4. The van der Waals surface area contributed by atoms with E-state index in [4.69, 9.17) is 5.73 Å². The highest BCUT2D eigenvalue weighted by molar-refractivity contribution is 6.02. The molecule has 156 valence electrons. The van der Waals surface area contributed by atoms with Crippen molar-refractivity contribution in [3.8, 4) is 11.1 Å². The number of nitrogen functional groups attached to an aromatic ring is 1. The van der Waals surface area contributed by atoms with Gasteiger partial charge in [0.05, 0.1) is 11.3 Å². The van der Waals surface area contributed by atoms with Crippen LogP contribution in [0.3, 0.4) is 0 Å². The van der Waals surface area contributed by atoms with E-state index in [1.807, 2.05) is 42.1 Å². The lowest BCUT2D eigenvalue weighted by Gasteiger charge is -2.18. The SMILES string of the molecule is Cn1cc(-c2ccc(N3CCC(c4cccc(F)c4F)C3=O)cc2)c2c(N)ncnc21. The number of carbonyl (C=O) groups excluding carboxylic acids is 1. The van der Waals surface area contributed by atoms with Crippen molar-refractivity contribution in [2.45, 2.75) is 12.3 Å². The van der Waals surface area contributed by atoms with Crippen LogP contribution < -0.4 is 10.6 Å². The molecule has 6 nitrogen and oxygen atoms in total. The number of aromatic nitrogens is 3. The Balaban J connectivity index is 1.45. The molecule has 8 heteroatoms. The molecule has 0 saturated carbocycles. The van der Waals surface area contributed by atoms with E-state index in [9.17, 15) is 13.6 Å². The second-order valence-electron chi connectivity index (χ2n) is 7.63. The molecule has 0 bridgehead atoms. The Kier molecular flexibility index (Phi) is 4.43. The number of hydrogen-bond donors (Lipinski definition) is 1. The van der Waals surface area contributed by atoms with Crippen LogP contribution in [-0.4, -0.2) is 27.0 Å². The average molecular weight is 419 g/mol. The molecular formula is C23H19F2N5O. The lowest BCUT2D eigenvalue weighted by molar-refractivity contribution is -0.118. The molecule has 0 radical (unpaired) electrons. The van der Waals surface area contributed by atoms with Gasteiger partial charge in [-0.2, -0.15) is 0 Å². The van der Waals surface area contributed by atoms with Gasteiger partial charge in [-0.3, -0.25) is 4.79 Å². The van der Waals surface area contributed by atoms with Crippen molar-refractivity contribution in [2.24, 2.45) is 7.05 Å². The number of anilines is 2. The minimum absolute atomic E-state index is 0.107. The van der Waals surface area contributed by atoms with Gasteiger partial charge in [-0.25, -0.2) is 18.7 Å². The minimum Gasteiger partial charge on any atom is -0.383 e. The third kappa shape index (κ3) is 3.02. The van der Waals surface area contributed by atoms with E-state index < -0.39 is 17.6 Å². The fourth-order valence-corrected chi connectivity index (χ4v) is 4.29. The van der Waals surface area contributed by atoms with E-state index in [1.54, 1.807) is 4.90 Å². The average Bonchev–Trinajstić information content (AvgIpc) is 3.31. The highest BCUT2D eigenvalue weighted by atomic mass is 19.2. The summed E-state index contributed by atoms with van der Waals surface area (Å²) in [4.78, 5) is 22.9. The number of carbonyl (C=O) groups is 1. The van der Waals surface area contributed by atoms with Crippen LogP contribution in [0.1, 0.15) is 17.9 Å². The largest absolute Gasteiger partial charge is 0.383 e. The predicted octanol–water partition coefficient (Wildman–Crippen LogP) is 4.02. The standard InChI is InChI=1S/C23H19F2N5O/c1-29-11-17(19-21(26)27-12-28-22(19)29)13-5-7-14(8-6-13)30-10-9-16(23(30)31)15-3-2-4-18(24)20(15)25/h2-8,11-12,16H,9-10H2,1H3,(H2,26,27,28). The zero-order chi connectivity index (χ0) is 21.7. The number of nitrogens with two attached hydrogens (primary N) is 1. The summed E-state index contributed by atoms with van der Waals surface area (Å²) in [6, 6.07) is 11.4. The highest BCUT2D eigenvalue weighted by Crippen LogP contribution is 2.36. The van der Waals surface area contributed by atoms with Crippen LogP contribution in [0.5, 0.6) is 0 Å². The van der Waals surface area contributed by atoms with Gasteiger partial charge in [-0.15, -0.1) is 0 Å². The summed E-state index contributed by atoms with van der Waals surface area (Å²) in [5, 5.41) is 0.775. The molecule has 2 N–H and O–H groups in total. The molecule has 1 aliphatic heterocycles. The predicted molar refractivity (Wildman–Crippen MR) is 114 cm³/mol. The first kappa shape index (κ1) is 19.2. The number of amides is 1. The molecule has 1 unspecified atom stereocenters. The zero-order valence-electron chi connectivity index (χ0n) is 16.7. The number of rotatable bonds is 3. The fraction of sp³-hybridized carbons (Fsp3) is 0.174. The van der Waals surface area contributed by atoms with Crippen molar-refractivity contribution < 1.29 is 13.6 Å². The van der Waals surface area contributed by atoms with Crippen LogP contribution in [-0.2, 0) is 11.8 Å². The first-order valence-electron chi connectivity index (χ1n) is 9.87. The first-order valence-corrected chi connectivity index (χ1v) is 9.87. The Bertz CT molecular complexity index is 1320. The van der Waals surface area contributed by atoms with Gasteiger partial charge in [0.2, 0.25) is 5.91 Å². The van der Waals surface area contributed by atoms with Crippen LogP contribution >= 0.6 is 0 Å². The molecular weight excluding hydrogens is 400 g/mol. The van der Waals surface area contributed by atoms with Gasteiger partial charge in [0, 0.05) is 36.6 Å². The maximum Gasteiger partial charge on any atom is 0.234 e. The van der Waals surface area contributed by atoms with Gasteiger partial charge in [-0.05, 0) is 30.2 Å². The van der Waals surface area contributed by atoms with Crippen LogP contribution in [0.15, 0.2) is 55.0 Å². The van der Waals surface area contributed by atoms with E-state index in [1.165, 1.54) is 18.5 Å². The Labute approximate surface area is 176 Å². The van der Waals surface area contributed by atoms with Crippen molar-refractivity contribution in [3.05, 3.63) is 72.2 Å². The molecule has 3 heterocycles. The van der Waals surface area contributed by atoms with Gasteiger partial charge in [0.15, 0.2) is 11.6 Å². The van der Waals surface area contributed by atoms with Gasteiger partial charge < -0.3 is 15.2 Å². The fourth-order valence-electron chi connectivity index (χ4n) is 4.29. The molecule has 2 aromatic heterocycles. The summed E-state index contributed by atoms with van der Waals surface area (Å²) in [5.41, 5.74) is 9.43. The Morgan fingerprint density at radius 3 is 2.65 bits per heavy atom. The molecule has 1 amide bonds. The molecule has 31 heavy (non-hydrogen) atoms. The van der Waals surface area contributed by atoms with Gasteiger partial charge >= 0.3 is 0 Å². The summed E-state index contributed by atoms with van der Waals surface area (Å²) >= 11 is 0. The molecule has 1 atom stereocenters. The Hall–Kier alpha value is -3.81. The molecule has 5 rings (SSSR count). The molecule has 1 fully saturated rings. The third-order valence-corrected chi connectivity index (χ3v) is 5.84. The minimum atomic E-state index is -0.950. The maximum atomic E-state index is 14.2. The molecule has 0 spiro atoms. The van der Waals surface area contributed by atoms with Crippen LogP contribution in [0.2, 0.25) is 0 Å². The number of fused-ring (bicyclic) bond motifs is 1. The van der Waals surface area contributed by atoms with Crippen molar-refractivity contribution in [2.75, 3.05) is 17.2 Å². The summed E-state index contributed by atoms with van der Waals surface area (Å²) < 4.78 is 29.7. The maximum absolute atomic E-state index is 14.2. The van der Waals surface area contributed by atoms with Crippen molar-refractivity contribution in [3.63, 3.8) is 0 Å². The smallest absolute Gasteiger partial charge is 0.234 e. The topological polar surface area (TPSA) is 77.0 Å². The van der Waals surface area contributed by atoms with Crippen LogP contribution in [0.25, 0.3) is 22.2 Å². The molecule has 2 aromatic carbocycles. The number of benzene rings is 2. The molecule has 0 aliphatic carbocycles. The van der Waals surface area contributed by atoms with Gasteiger partial charge in [0.25, 0.3) is 0 Å². The van der Waals surface area contributed by atoms with E-state index in [2.05, 4.69) is 9.97 Å². The van der Waals surface area contributed by atoms with E-state index in [0.717, 1.165) is 28.2 Å². The van der Waals surface area contributed by atoms with Crippen molar-refractivity contribution in [1.29, 1.82) is 0 Å². The quantitative estimate of drug-likeness (QED) is 0.544.